The summed E-state index contributed by atoms with van der Waals surface area (Å²) < 4.78 is 0. The summed E-state index contributed by atoms with van der Waals surface area (Å²) in [7, 11) is 0. The lowest BCUT2D eigenvalue weighted by Crippen LogP contribution is -2.32. The van der Waals surface area contributed by atoms with E-state index < -0.39 is 0 Å². The molecule has 88 valence electrons. The van der Waals surface area contributed by atoms with Crippen LogP contribution in [0.25, 0.3) is 0 Å². The molecule has 0 radical (unpaired) electrons. The van der Waals surface area contributed by atoms with Gasteiger partial charge in [0, 0.05) is 12.1 Å². The highest BCUT2D eigenvalue weighted by Crippen LogP contribution is 2.45. The molecule has 3 unspecified atom stereocenters. The third-order valence-electron chi connectivity index (χ3n) is 4.62. The lowest BCUT2D eigenvalue weighted by Gasteiger charge is -2.17. The van der Waals surface area contributed by atoms with Gasteiger partial charge in [0.15, 0.2) is 0 Å². The zero-order valence-electron chi connectivity index (χ0n) is 10.7. The Kier molecular flexibility index (Phi) is 3.39. The van der Waals surface area contributed by atoms with Crippen molar-refractivity contribution >= 4 is 0 Å². The van der Waals surface area contributed by atoms with Gasteiger partial charge < -0.3 is 5.32 Å². The molecule has 0 heterocycles. The second-order valence-corrected chi connectivity index (χ2v) is 6.39. The van der Waals surface area contributed by atoms with Crippen LogP contribution in [0.3, 0.4) is 0 Å². The molecule has 0 aromatic heterocycles. The predicted octanol–water partition coefficient (Wildman–Crippen LogP) is 3.73. The third-order valence-corrected chi connectivity index (χ3v) is 4.62. The molecule has 2 aliphatic rings. The highest BCUT2D eigenvalue weighted by molar-refractivity contribution is 5.02. The maximum absolute atomic E-state index is 3.87. The van der Waals surface area contributed by atoms with E-state index in [0.29, 0.717) is 5.41 Å². The molecule has 0 saturated heterocycles. The van der Waals surface area contributed by atoms with E-state index in [1.54, 1.807) is 0 Å². The topological polar surface area (TPSA) is 12.0 Å². The van der Waals surface area contributed by atoms with Gasteiger partial charge in [0.05, 0.1) is 0 Å². The van der Waals surface area contributed by atoms with Crippen LogP contribution in [-0.2, 0) is 0 Å². The molecule has 0 bridgehead atoms. The second kappa shape index (κ2) is 4.45. The number of rotatable bonds is 3. The fourth-order valence-corrected chi connectivity index (χ4v) is 2.99. The smallest absolute Gasteiger partial charge is 0.0127 e. The lowest BCUT2D eigenvalue weighted by atomic mass is 9.98. The Balaban J connectivity index is 1.74. The van der Waals surface area contributed by atoms with Crippen molar-refractivity contribution in [1.82, 2.24) is 5.32 Å². The molecule has 2 saturated carbocycles. The molecule has 0 amide bonds. The largest absolute Gasteiger partial charge is 0.311 e. The van der Waals surface area contributed by atoms with Gasteiger partial charge in [-0.25, -0.2) is 0 Å². The van der Waals surface area contributed by atoms with Gasteiger partial charge >= 0.3 is 0 Å². The highest BCUT2D eigenvalue weighted by atomic mass is 15.0. The number of hydrogen-bond acceptors (Lipinski definition) is 1. The minimum atomic E-state index is 0.594. The number of hydrogen-bond donors (Lipinski definition) is 1. The Bertz CT molecular complexity index is 209. The Morgan fingerprint density at radius 1 is 1.13 bits per heavy atom. The van der Waals surface area contributed by atoms with Crippen molar-refractivity contribution in [1.29, 1.82) is 0 Å². The van der Waals surface area contributed by atoms with E-state index in [1.165, 1.54) is 44.9 Å². The van der Waals surface area contributed by atoms with Crippen LogP contribution in [0, 0.1) is 11.3 Å². The SMILES string of the molecule is CCC1CCCC(NC2CC2(C)C)CC1. The first-order chi connectivity index (χ1) is 7.12. The van der Waals surface area contributed by atoms with Crippen molar-refractivity contribution in [3.63, 3.8) is 0 Å². The fourth-order valence-electron chi connectivity index (χ4n) is 2.99. The van der Waals surface area contributed by atoms with Crippen molar-refractivity contribution < 1.29 is 0 Å². The first-order valence-electron chi connectivity index (χ1n) is 6.88. The van der Waals surface area contributed by atoms with E-state index in [-0.39, 0.29) is 0 Å². The molecular weight excluding hydrogens is 182 g/mol. The zero-order chi connectivity index (χ0) is 10.9. The van der Waals surface area contributed by atoms with Gasteiger partial charge in [-0.2, -0.15) is 0 Å². The summed E-state index contributed by atoms with van der Waals surface area (Å²) in [5.74, 6) is 1.02. The normalized spacial score (nSPS) is 39.8. The summed E-state index contributed by atoms with van der Waals surface area (Å²) in [4.78, 5) is 0. The van der Waals surface area contributed by atoms with E-state index in [0.717, 1.165) is 18.0 Å². The van der Waals surface area contributed by atoms with Crippen LogP contribution in [0.5, 0.6) is 0 Å². The maximum atomic E-state index is 3.87. The van der Waals surface area contributed by atoms with E-state index in [9.17, 15) is 0 Å². The summed E-state index contributed by atoms with van der Waals surface area (Å²) in [6.07, 6.45) is 10.0. The minimum absolute atomic E-state index is 0.594. The molecule has 0 spiro atoms. The summed E-state index contributed by atoms with van der Waals surface area (Å²) in [5, 5.41) is 3.87. The van der Waals surface area contributed by atoms with E-state index in [2.05, 4.69) is 26.1 Å². The summed E-state index contributed by atoms with van der Waals surface area (Å²) in [6.45, 7) is 7.12. The first-order valence-corrected chi connectivity index (χ1v) is 6.88. The Morgan fingerprint density at radius 2 is 1.87 bits per heavy atom. The van der Waals surface area contributed by atoms with Gasteiger partial charge in [0.1, 0.15) is 0 Å². The van der Waals surface area contributed by atoms with Crippen LogP contribution in [-0.4, -0.2) is 12.1 Å². The molecule has 1 N–H and O–H groups in total. The molecule has 0 aromatic rings. The fraction of sp³-hybridized carbons (Fsp3) is 1.00. The Hall–Kier alpha value is -0.0400. The summed E-state index contributed by atoms with van der Waals surface area (Å²) in [5.41, 5.74) is 0.594. The van der Waals surface area contributed by atoms with Crippen molar-refractivity contribution in [2.75, 3.05) is 0 Å². The van der Waals surface area contributed by atoms with E-state index in [1.807, 2.05) is 0 Å². The number of nitrogens with one attached hydrogen (secondary N) is 1. The van der Waals surface area contributed by atoms with Crippen molar-refractivity contribution in [3.8, 4) is 0 Å². The predicted molar refractivity (Wildman–Crippen MR) is 66.0 cm³/mol. The van der Waals surface area contributed by atoms with Crippen molar-refractivity contribution in [2.24, 2.45) is 11.3 Å². The molecule has 1 heteroatoms. The van der Waals surface area contributed by atoms with Crippen LogP contribution in [0.15, 0.2) is 0 Å². The van der Waals surface area contributed by atoms with Crippen LogP contribution in [0.2, 0.25) is 0 Å². The first kappa shape index (κ1) is 11.4. The van der Waals surface area contributed by atoms with E-state index in [4.69, 9.17) is 0 Å². The third kappa shape index (κ3) is 2.96. The average molecular weight is 209 g/mol. The van der Waals surface area contributed by atoms with Gasteiger partial charge in [0.25, 0.3) is 0 Å². The molecular formula is C14H27N. The van der Waals surface area contributed by atoms with Crippen LogP contribution in [0.4, 0.5) is 0 Å². The van der Waals surface area contributed by atoms with Gasteiger partial charge in [-0.15, -0.1) is 0 Å². The zero-order valence-corrected chi connectivity index (χ0v) is 10.7. The van der Waals surface area contributed by atoms with Gasteiger partial charge in [0.2, 0.25) is 0 Å². The van der Waals surface area contributed by atoms with Gasteiger partial charge in [-0.3, -0.25) is 0 Å². The molecule has 0 aliphatic heterocycles. The molecule has 2 rings (SSSR count). The Labute approximate surface area is 95.0 Å². The Morgan fingerprint density at radius 3 is 2.47 bits per heavy atom. The average Bonchev–Trinajstić information content (AvgIpc) is 2.85. The molecule has 1 nitrogen and oxygen atoms in total. The summed E-state index contributed by atoms with van der Waals surface area (Å²) >= 11 is 0. The molecule has 3 atom stereocenters. The monoisotopic (exact) mass is 209 g/mol. The standard InChI is InChI=1S/C14H27N/c1-4-11-6-5-7-12(9-8-11)15-13-10-14(13,2)3/h11-13,15H,4-10H2,1-3H3. The van der Waals surface area contributed by atoms with Crippen LogP contribution >= 0.6 is 0 Å². The molecule has 2 aliphatic carbocycles. The summed E-state index contributed by atoms with van der Waals surface area (Å²) in [6, 6.07) is 1.65. The van der Waals surface area contributed by atoms with Gasteiger partial charge in [-0.1, -0.05) is 40.0 Å². The van der Waals surface area contributed by atoms with Crippen molar-refractivity contribution in [3.05, 3.63) is 0 Å². The van der Waals surface area contributed by atoms with Gasteiger partial charge in [-0.05, 0) is 37.0 Å². The van der Waals surface area contributed by atoms with Crippen LogP contribution in [0.1, 0.15) is 65.7 Å². The molecule has 0 aromatic carbocycles. The van der Waals surface area contributed by atoms with Crippen molar-refractivity contribution in [2.45, 2.75) is 77.8 Å². The molecule has 2 fully saturated rings. The highest BCUT2D eigenvalue weighted by Gasteiger charge is 2.46. The molecule has 15 heavy (non-hydrogen) atoms. The quantitative estimate of drug-likeness (QED) is 0.698. The maximum Gasteiger partial charge on any atom is 0.0127 e. The minimum Gasteiger partial charge on any atom is -0.311 e. The van der Waals surface area contributed by atoms with Crippen LogP contribution < -0.4 is 5.32 Å². The lowest BCUT2D eigenvalue weighted by molar-refractivity contribution is 0.407. The van der Waals surface area contributed by atoms with E-state index >= 15 is 0 Å². The second-order valence-electron chi connectivity index (χ2n) is 6.39.